The first-order valence-corrected chi connectivity index (χ1v) is 6.48. The Kier molecular flexibility index (Phi) is 4.35. The molecule has 0 spiro atoms. The molecule has 1 aromatic heterocycles. The first-order chi connectivity index (χ1) is 9.60. The standard InChI is InChI=1S/C16H18N2O2/c1-11-9-13(7-8-18-11)14-5-3-12(4-6-16(17)19)10-15(14)20-2/h3,5,7-10H,4,6H2,1-2H3,(H2,17,19). The van der Waals surface area contributed by atoms with Crippen molar-refractivity contribution in [2.24, 2.45) is 5.73 Å². The van der Waals surface area contributed by atoms with Gasteiger partial charge in [0, 0.05) is 23.9 Å². The summed E-state index contributed by atoms with van der Waals surface area (Å²) >= 11 is 0. The molecular weight excluding hydrogens is 252 g/mol. The van der Waals surface area contributed by atoms with E-state index in [0.29, 0.717) is 12.8 Å². The molecule has 4 heteroatoms. The summed E-state index contributed by atoms with van der Waals surface area (Å²) in [5, 5.41) is 0. The molecule has 1 aromatic carbocycles. The van der Waals surface area contributed by atoms with Gasteiger partial charge in [-0.1, -0.05) is 12.1 Å². The second kappa shape index (κ2) is 6.19. The van der Waals surface area contributed by atoms with Gasteiger partial charge >= 0.3 is 0 Å². The summed E-state index contributed by atoms with van der Waals surface area (Å²) in [7, 11) is 1.64. The van der Waals surface area contributed by atoms with Crippen LogP contribution in [0, 0.1) is 6.92 Å². The van der Waals surface area contributed by atoms with E-state index in [2.05, 4.69) is 4.98 Å². The molecule has 2 rings (SSSR count). The molecule has 0 aliphatic carbocycles. The third-order valence-electron chi connectivity index (χ3n) is 3.13. The van der Waals surface area contributed by atoms with Gasteiger partial charge in [0.25, 0.3) is 0 Å². The van der Waals surface area contributed by atoms with Crippen LogP contribution in [0.5, 0.6) is 5.75 Å². The molecule has 0 bridgehead atoms. The molecule has 0 aliphatic heterocycles. The van der Waals surface area contributed by atoms with Crippen LogP contribution in [0.4, 0.5) is 0 Å². The number of pyridine rings is 1. The van der Waals surface area contributed by atoms with E-state index in [1.165, 1.54) is 0 Å². The fourth-order valence-electron chi connectivity index (χ4n) is 2.11. The maximum absolute atomic E-state index is 10.8. The maximum atomic E-state index is 10.8. The van der Waals surface area contributed by atoms with Crippen molar-refractivity contribution in [2.45, 2.75) is 19.8 Å². The van der Waals surface area contributed by atoms with Crippen LogP contribution in [0.3, 0.4) is 0 Å². The lowest BCUT2D eigenvalue weighted by Gasteiger charge is -2.11. The number of primary amides is 1. The third-order valence-corrected chi connectivity index (χ3v) is 3.13. The Hall–Kier alpha value is -2.36. The molecule has 1 amide bonds. The zero-order chi connectivity index (χ0) is 14.5. The number of methoxy groups -OCH3 is 1. The molecule has 2 N–H and O–H groups in total. The summed E-state index contributed by atoms with van der Waals surface area (Å²) < 4.78 is 5.45. The van der Waals surface area contributed by atoms with Gasteiger partial charge in [0.1, 0.15) is 5.75 Å². The van der Waals surface area contributed by atoms with Gasteiger partial charge in [-0.3, -0.25) is 9.78 Å². The van der Waals surface area contributed by atoms with Crippen LogP contribution in [0.1, 0.15) is 17.7 Å². The van der Waals surface area contributed by atoms with E-state index >= 15 is 0 Å². The molecule has 0 saturated carbocycles. The molecule has 0 unspecified atom stereocenters. The molecule has 0 fully saturated rings. The highest BCUT2D eigenvalue weighted by Gasteiger charge is 2.08. The zero-order valence-corrected chi connectivity index (χ0v) is 11.7. The fraction of sp³-hybridized carbons (Fsp3) is 0.250. The molecule has 104 valence electrons. The molecule has 4 nitrogen and oxygen atoms in total. The number of nitrogens with zero attached hydrogens (tertiary/aromatic N) is 1. The summed E-state index contributed by atoms with van der Waals surface area (Å²) in [6, 6.07) is 9.92. The van der Waals surface area contributed by atoms with Crippen LogP contribution < -0.4 is 10.5 Å². The average molecular weight is 270 g/mol. The average Bonchev–Trinajstić information content (AvgIpc) is 2.44. The van der Waals surface area contributed by atoms with E-state index < -0.39 is 0 Å². The van der Waals surface area contributed by atoms with Crippen molar-refractivity contribution in [1.29, 1.82) is 0 Å². The minimum absolute atomic E-state index is 0.294. The molecule has 20 heavy (non-hydrogen) atoms. The van der Waals surface area contributed by atoms with Crippen LogP contribution in [0.2, 0.25) is 0 Å². The van der Waals surface area contributed by atoms with Crippen molar-refractivity contribution in [2.75, 3.05) is 7.11 Å². The number of aryl methyl sites for hydroxylation is 2. The van der Waals surface area contributed by atoms with Crippen molar-refractivity contribution in [3.8, 4) is 16.9 Å². The Morgan fingerprint density at radius 3 is 2.75 bits per heavy atom. The van der Waals surface area contributed by atoms with Crippen LogP contribution >= 0.6 is 0 Å². The number of aromatic nitrogens is 1. The quantitative estimate of drug-likeness (QED) is 0.907. The van der Waals surface area contributed by atoms with Gasteiger partial charge in [-0.05, 0) is 42.7 Å². The molecule has 1 heterocycles. The summed E-state index contributed by atoms with van der Waals surface area (Å²) in [5.74, 6) is 0.496. The topological polar surface area (TPSA) is 65.2 Å². The monoisotopic (exact) mass is 270 g/mol. The Morgan fingerprint density at radius 2 is 2.10 bits per heavy atom. The van der Waals surface area contributed by atoms with E-state index in [9.17, 15) is 4.79 Å². The van der Waals surface area contributed by atoms with Gasteiger partial charge in [0.15, 0.2) is 0 Å². The lowest BCUT2D eigenvalue weighted by atomic mass is 10.0. The van der Waals surface area contributed by atoms with Gasteiger partial charge in [-0.2, -0.15) is 0 Å². The fourth-order valence-corrected chi connectivity index (χ4v) is 2.11. The Labute approximate surface area is 118 Å². The van der Waals surface area contributed by atoms with Crippen molar-refractivity contribution >= 4 is 5.91 Å². The highest BCUT2D eigenvalue weighted by atomic mass is 16.5. The van der Waals surface area contributed by atoms with E-state index in [4.69, 9.17) is 10.5 Å². The maximum Gasteiger partial charge on any atom is 0.217 e. The van der Waals surface area contributed by atoms with E-state index in [-0.39, 0.29) is 5.91 Å². The lowest BCUT2D eigenvalue weighted by molar-refractivity contribution is -0.117. The second-order valence-corrected chi connectivity index (χ2v) is 4.69. The van der Waals surface area contributed by atoms with Gasteiger partial charge in [0.2, 0.25) is 5.91 Å². The highest BCUT2D eigenvalue weighted by molar-refractivity contribution is 5.74. The highest BCUT2D eigenvalue weighted by Crippen LogP contribution is 2.31. The predicted octanol–water partition coefficient (Wildman–Crippen LogP) is 2.48. The number of hydrogen-bond acceptors (Lipinski definition) is 3. The van der Waals surface area contributed by atoms with Crippen molar-refractivity contribution in [1.82, 2.24) is 4.98 Å². The number of rotatable bonds is 5. The minimum Gasteiger partial charge on any atom is -0.496 e. The molecule has 0 aliphatic rings. The zero-order valence-electron chi connectivity index (χ0n) is 11.7. The predicted molar refractivity (Wildman–Crippen MR) is 78.5 cm³/mol. The number of nitrogens with two attached hydrogens (primary N) is 1. The number of ether oxygens (including phenoxy) is 1. The first kappa shape index (κ1) is 14.1. The largest absolute Gasteiger partial charge is 0.496 e. The van der Waals surface area contributed by atoms with E-state index in [0.717, 1.165) is 28.1 Å². The van der Waals surface area contributed by atoms with Gasteiger partial charge in [-0.25, -0.2) is 0 Å². The number of carbonyl (C=O) groups is 1. The van der Waals surface area contributed by atoms with E-state index in [1.54, 1.807) is 13.3 Å². The first-order valence-electron chi connectivity index (χ1n) is 6.48. The lowest BCUT2D eigenvalue weighted by Crippen LogP contribution is -2.11. The normalized spacial score (nSPS) is 10.3. The van der Waals surface area contributed by atoms with Gasteiger partial charge < -0.3 is 10.5 Å². The summed E-state index contributed by atoms with van der Waals surface area (Å²) in [6.07, 6.45) is 2.75. The molecule has 2 aromatic rings. The van der Waals surface area contributed by atoms with Crippen LogP contribution in [0.15, 0.2) is 36.5 Å². The van der Waals surface area contributed by atoms with E-state index in [1.807, 2.05) is 37.3 Å². The Bertz CT molecular complexity index is 624. The molecule has 0 saturated heterocycles. The van der Waals surface area contributed by atoms with Crippen LogP contribution in [-0.2, 0) is 11.2 Å². The molecule has 0 atom stereocenters. The number of carbonyl (C=O) groups excluding carboxylic acids is 1. The Morgan fingerprint density at radius 1 is 1.30 bits per heavy atom. The van der Waals surface area contributed by atoms with Crippen molar-refractivity contribution in [3.63, 3.8) is 0 Å². The summed E-state index contributed by atoms with van der Waals surface area (Å²) in [6.45, 7) is 1.96. The number of amides is 1. The van der Waals surface area contributed by atoms with Crippen molar-refractivity contribution < 1.29 is 9.53 Å². The third kappa shape index (κ3) is 3.35. The second-order valence-electron chi connectivity index (χ2n) is 4.69. The Balaban J connectivity index is 2.33. The van der Waals surface area contributed by atoms with Gasteiger partial charge in [0.05, 0.1) is 7.11 Å². The SMILES string of the molecule is COc1cc(CCC(N)=O)ccc1-c1ccnc(C)c1. The minimum atomic E-state index is -0.294. The number of hydrogen-bond donors (Lipinski definition) is 1. The van der Waals surface area contributed by atoms with Crippen LogP contribution in [0.25, 0.3) is 11.1 Å². The molecule has 0 radical (unpaired) electrons. The summed E-state index contributed by atoms with van der Waals surface area (Å²) in [4.78, 5) is 15.0. The smallest absolute Gasteiger partial charge is 0.217 e. The summed E-state index contributed by atoms with van der Waals surface area (Å²) in [5.41, 5.74) is 9.25. The van der Waals surface area contributed by atoms with Gasteiger partial charge in [-0.15, -0.1) is 0 Å². The molecular formula is C16H18N2O2. The number of benzene rings is 1. The van der Waals surface area contributed by atoms with Crippen LogP contribution in [-0.4, -0.2) is 18.0 Å². The van der Waals surface area contributed by atoms with Crippen molar-refractivity contribution in [3.05, 3.63) is 47.8 Å².